The van der Waals surface area contributed by atoms with E-state index >= 15 is 0 Å². The van der Waals surface area contributed by atoms with Crippen molar-refractivity contribution in [2.24, 2.45) is 0 Å². The van der Waals surface area contributed by atoms with E-state index in [1.807, 2.05) is 0 Å². The van der Waals surface area contributed by atoms with Gasteiger partial charge in [-0.15, -0.1) is 11.3 Å². The van der Waals surface area contributed by atoms with E-state index in [0.717, 1.165) is 0 Å². The molecule has 0 saturated carbocycles. The van der Waals surface area contributed by atoms with Crippen LogP contribution in [0.1, 0.15) is 9.67 Å². The number of ether oxygens (including phenoxy) is 1. The zero-order valence-electron chi connectivity index (χ0n) is 10.3. The van der Waals surface area contributed by atoms with E-state index in [-0.39, 0.29) is 6.54 Å². The average Bonchev–Trinajstić information content (AvgIpc) is 3.09. The molecule has 0 saturated heterocycles. The summed E-state index contributed by atoms with van der Waals surface area (Å²) in [6.45, 7) is -0.587. The third kappa shape index (κ3) is 4.02. The quantitative estimate of drug-likeness (QED) is 0.808. The number of carbonyl (C=O) groups excluding carboxylic acids is 3. The number of thiophene rings is 1. The normalized spacial score (nSPS) is 10.0. The first-order valence-electron chi connectivity index (χ1n) is 5.66. The summed E-state index contributed by atoms with van der Waals surface area (Å²) in [6, 6.07) is 4.96. The fourth-order valence-electron chi connectivity index (χ4n) is 1.35. The van der Waals surface area contributed by atoms with Crippen LogP contribution in [0.4, 0.5) is 0 Å². The lowest BCUT2D eigenvalue weighted by atomic mass is 10.4. The standard InChI is InChI=1S/C12H11N3O4S/c16-10(14-12(18)9-3-1-6-20-9)8-19-11(17)7-15-5-2-4-13-15/h1-6H,7-8H2,(H,14,16,18). The minimum absolute atomic E-state index is 0.0842. The third-order valence-electron chi connectivity index (χ3n) is 2.21. The molecule has 1 N–H and O–H groups in total. The first-order chi connectivity index (χ1) is 9.65. The molecule has 20 heavy (non-hydrogen) atoms. The molecule has 0 atom stereocenters. The van der Waals surface area contributed by atoms with Gasteiger partial charge in [0.25, 0.3) is 11.8 Å². The van der Waals surface area contributed by atoms with Crippen LogP contribution in [0.3, 0.4) is 0 Å². The molecular formula is C12H11N3O4S. The topological polar surface area (TPSA) is 90.3 Å². The van der Waals surface area contributed by atoms with Gasteiger partial charge >= 0.3 is 5.97 Å². The Morgan fingerprint density at radius 1 is 1.35 bits per heavy atom. The molecule has 2 aromatic heterocycles. The summed E-state index contributed by atoms with van der Waals surface area (Å²) in [6.07, 6.45) is 3.13. The fourth-order valence-corrected chi connectivity index (χ4v) is 1.97. The van der Waals surface area contributed by atoms with Crippen molar-refractivity contribution in [2.75, 3.05) is 6.61 Å². The zero-order valence-corrected chi connectivity index (χ0v) is 11.1. The maximum absolute atomic E-state index is 11.5. The van der Waals surface area contributed by atoms with Gasteiger partial charge in [-0.05, 0) is 17.5 Å². The maximum Gasteiger partial charge on any atom is 0.328 e. The van der Waals surface area contributed by atoms with Crippen LogP contribution in [-0.2, 0) is 20.9 Å². The lowest BCUT2D eigenvalue weighted by Gasteiger charge is -2.05. The smallest absolute Gasteiger partial charge is 0.328 e. The largest absolute Gasteiger partial charge is 0.454 e. The van der Waals surface area contributed by atoms with Crippen LogP contribution in [-0.4, -0.2) is 34.2 Å². The number of nitrogens with one attached hydrogen (secondary N) is 1. The van der Waals surface area contributed by atoms with Gasteiger partial charge in [0.15, 0.2) is 6.61 Å². The number of rotatable bonds is 5. The van der Waals surface area contributed by atoms with Gasteiger partial charge in [0, 0.05) is 12.4 Å². The number of hydrogen-bond acceptors (Lipinski definition) is 6. The van der Waals surface area contributed by atoms with Crippen LogP contribution < -0.4 is 5.32 Å². The second-order valence-electron chi connectivity index (χ2n) is 3.72. The zero-order chi connectivity index (χ0) is 14.4. The van der Waals surface area contributed by atoms with Gasteiger partial charge in [0.05, 0.1) is 4.88 Å². The minimum atomic E-state index is -0.669. The molecule has 0 unspecified atom stereocenters. The van der Waals surface area contributed by atoms with Crippen molar-refractivity contribution in [3.05, 3.63) is 40.8 Å². The van der Waals surface area contributed by atoms with Crippen LogP contribution in [0, 0.1) is 0 Å². The van der Waals surface area contributed by atoms with Gasteiger partial charge in [0.2, 0.25) is 0 Å². The Bertz CT molecular complexity index is 592. The van der Waals surface area contributed by atoms with Crippen LogP contribution in [0.25, 0.3) is 0 Å². The van der Waals surface area contributed by atoms with E-state index in [0.29, 0.717) is 4.88 Å². The molecule has 0 spiro atoms. The lowest BCUT2D eigenvalue weighted by molar-refractivity contribution is -0.149. The number of esters is 1. The fraction of sp³-hybridized carbons (Fsp3) is 0.167. The molecule has 7 nitrogen and oxygen atoms in total. The molecule has 8 heteroatoms. The van der Waals surface area contributed by atoms with Crippen molar-refractivity contribution in [2.45, 2.75) is 6.54 Å². The van der Waals surface area contributed by atoms with Gasteiger partial charge in [0.1, 0.15) is 6.54 Å². The average molecular weight is 293 g/mol. The number of hydrogen-bond donors (Lipinski definition) is 1. The highest BCUT2D eigenvalue weighted by Crippen LogP contribution is 2.07. The third-order valence-corrected chi connectivity index (χ3v) is 3.08. The number of aromatic nitrogens is 2. The summed E-state index contributed by atoms with van der Waals surface area (Å²) in [4.78, 5) is 34.8. The number of amides is 2. The highest BCUT2D eigenvalue weighted by Gasteiger charge is 2.13. The summed E-state index contributed by atoms with van der Waals surface area (Å²) in [5, 5.41) is 7.68. The predicted octanol–water partition coefficient (Wildman–Crippen LogP) is 0.444. The van der Waals surface area contributed by atoms with Crippen LogP contribution in [0.15, 0.2) is 36.0 Å². The van der Waals surface area contributed by atoms with E-state index in [4.69, 9.17) is 4.74 Å². The Labute approximate surface area is 118 Å². The van der Waals surface area contributed by atoms with Crippen molar-refractivity contribution < 1.29 is 19.1 Å². The van der Waals surface area contributed by atoms with Gasteiger partial charge in [-0.3, -0.25) is 24.4 Å². The Morgan fingerprint density at radius 3 is 2.85 bits per heavy atom. The number of carbonyl (C=O) groups is 3. The van der Waals surface area contributed by atoms with Gasteiger partial charge in [-0.2, -0.15) is 5.10 Å². The second-order valence-corrected chi connectivity index (χ2v) is 4.67. The van der Waals surface area contributed by atoms with Crippen LogP contribution >= 0.6 is 11.3 Å². The molecule has 104 valence electrons. The molecular weight excluding hydrogens is 282 g/mol. The van der Waals surface area contributed by atoms with Crippen molar-refractivity contribution in [1.82, 2.24) is 15.1 Å². The van der Waals surface area contributed by atoms with E-state index in [1.165, 1.54) is 22.2 Å². The number of nitrogens with zero attached hydrogens (tertiary/aromatic N) is 2. The van der Waals surface area contributed by atoms with E-state index in [1.54, 1.807) is 29.8 Å². The van der Waals surface area contributed by atoms with Crippen LogP contribution in [0.5, 0.6) is 0 Å². The maximum atomic E-state index is 11.5. The van der Waals surface area contributed by atoms with Gasteiger partial charge in [-0.1, -0.05) is 6.07 Å². The molecule has 0 aromatic carbocycles. The summed E-state index contributed by atoms with van der Waals surface area (Å²) in [7, 11) is 0. The summed E-state index contributed by atoms with van der Waals surface area (Å²) >= 11 is 1.22. The molecule has 0 aliphatic heterocycles. The first-order valence-corrected chi connectivity index (χ1v) is 6.54. The summed E-state index contributed by atoms with van der Waals surface area (Å²) in [5.41, 5.74) is 0. The summed E-state index contributed by atoms with van der Waals surface area (Å²) in [5.74, 6) is -1.78. The highest BCUT2D eigenvalue weighted by molar-refractivity contribution is 7.12. The Hall–Kier alpha value is -2.48. The molecule has 2 aromatic rings. The molecule has 0 aliphatic rings. The Kier molecular flexibility index (Phi) is 4.61. The second kappa shape index (κ2) is 6.62. The minimum Gasteiger partial charge on any atom is -0.454 e. The van der Waals surface area contributed by atoms with E-state index in [2.05, 4.69) is 10.4 Å². The Morgan fingerprint density at radius 2 is 2.20 bits per heavy atom. The molecule has 0 fully saturated rings. The van der Waals surface area contributed by atoms with Gasteiger partial charge < -0.3 is 4.74 Å². The van der Waals surface area contributed by atoms with Crippen molar-refractivity contribution >= 4 is 29.1 Å². The number of imide groups is 1. The molecule has 0 radical (unpaired) electrons. The molecule has 2 amide bonds. The molecule has 0 aliphatic carbocycles. The van der Waals surface area contributed by atoms with Gasteiger partial charge in [-0.25, -0.2) is 0 Å². The Balaban J connectivity index is 1.72. The van der Waals surface area contributed by atoms with Crippen LogP contribution in [0.2, 0.25) is 0 Å². The van der Waals surface area contributed by atoms with Crippen molar-refractivity contribution in [3.8, 4) is 0 Å². The monoisotopic (exact) mass is 293 g/mol. The van der Waals surface area contributed by atoms with Crippen molar-refractivity contribution in [1.29, 1.82) is 0 Å². The van der Waals surface area contributed by atoms with E-state index < -0.39 is 24.4 Å². The summed E-state index contributed by atoms with van der Waals surface area (Å²) < 4.78 is 6.11. The highest BCUT2D eigenvalue weighted by atomic mass is 32.1. The molecule has 2 heterocycles. The first kappa shape index (κ1) is 13.9. The SMILES string of the molecule is O=C(COC(=O)Cn1cccn1)NC(=O)c1cccs1. The molecule has 2 rings (SSSR count). The van der Waals surface area contributed by atoms with Crippen molar-refractivity contribution in [3.63, 3.8) is 0 Å². The molecule has 0 bridgehead atoms. The predicted molar refractivity (Wildman–Crippen MR) is 70.0 cm³/mol. The van der Waals surface area contributed by atoms with E-state index in [9.17, 15) is 14.4 Å². The lowest BCUT2D eigenvalue weighted by Crippen LogP contribution is -2.34.